The first-order valence-electron chi connectivity index (χ1n) is 9.05. The number of pyridine rings is 1. The molecule has 1 amide bonds. The van der Waals surface area contributed by atoms with Gasteiger partial charge in [-0.3, -0.25) is 9.78 Å². The number of rotatable bonds is 6. The van der Waals surface area contributed by atoms with E-state index in [1.165, 1.54) is 18.2 Å². The molecule has 0 aliphatic carbocycles. The Kier molecular flexibility index (Phi) is 6.17. The molecule has 0 saturated carbocycles. The Morgan fingerprint density at radius 2 is 2.19 bits per heavy atom. The molecule has 2 heterocycles. The molecule has 6 heteroatoms. The molecule has 1 aromatic carbocycles. The molecule has 5 nitrogen and oxygen atoms in total. The molecular weight excluding hydrogens is 333 g/mol. The second-order valence-corrected chi connectivity index (χ2v) is 6.40. The Balaban J connectivity index is 1.88. The number of carbonyl (C=O) groups excluding carboxylic acids is 1. The first-order chi connectivity index (χ1) is 12.7. The number of piperidine rings is 1. The molecule has 0 radical (unpaired) electrons. The van der Waals surface area contributed by atoms with Gasteiger partial charge >= 0.3 is 0 Å². The number of carbonyl (C=O) groups is 1. The van der Waals surface area contributed by atoms with Crippen LogP contribution in [-0.2, 0) is 0 Å². The number of hydrogen-bond donors (Lipinski definition) is 1. The van der Waals surface area contributed by atoms with E-state index in [1.807, 2.05) is 18.2 Å². The molecule has 26 heavy (non-hydrogen) atoms. The van der Waals surface area contributed by atoms with Gasteiger partial charge in [-0.1, -0.05) is 6.07 Å². The van der Waals surface area contributed by atoms with Crippen LogP contribution in [0.3, 0.4) is 0 Å². The molecule has 138 valence electrons. The molecule has 2 aromatic rings. The van der Waals surface area contributed by atoms with Crippen molar-refractivity contribution in [2.24, 2.45) is 5.73 Å². The highest BCUT2D eigenvalue weighted by atomic mass is 19.1. The van der Waals surface area contributed by atoms with Crippen molar-refractivity contribution in [3.8, 4) is 5.75 Å². The number of aromatic nitrogens is 1. The van der Waals surface area contributed by atoms with Gasteiger partial charge in [0.25, 0.3) is 5.91 Å². The van der Waals surface area contributed by atoms with E-state index < -0.39 is 5.82 Å². The van der Waals surface area contributed by atoms with Crippen LogP contribution in [0.5, 0.6) is 5.75 Å². The maximum absolute atomic E-state index is 13.8. The molecule has 1 aliphatic heterocycles. The fourth-order valence-electron chi connectivity index (χ4n) is 3.27. The van der Waals surface area contributed by atoms with Crippen LogP contribution in [0.1, 0.15) is 47.8 Å². The van der Waals surface area contributed by atoms with Crippen molar-refractivity contribution >= 4 is 5.91 Å². The highest BCUT2D eigenvalue weighted by Crippen LogP contribution is 2.33. The number of likely N-dealkylation sites (tertiary alicyclic amines) is 1. The van der Waals surface area contributed by atoms with Crippen LogP contribution in [0.4, 0.5) is 4.39 Å². The van der Waals surface area contributed by atoms with Gasteiger partial charge < -0.3 is 15.4 Å². The SMILES string of the molecule is NCCCOc1ccc(F)cc1C(=O)N1CCCC[C@H]1c1ccccn1. The topological polar surface area (TPSA) is 68.5 Å². The molecule has 0 unspecified atom stereocenters. The van der Waals surface area contributed by atoms with Crippen LogP contribution in [0, 0.1) is 5.82 Å². The average molecular weight is 357 g/mol. The molecule has 1 aromatic heterocycles. The van der Waals surface area contributed by atoms with Gasteiger partial charge in [0.1, 0.15) is 11.6 Å². The van der Waals surface area contributed by atoms with Crippen molar-refractivity contribution in [2.75, 3.05) is 19.7 Å². The quantitative estimate of drug-likeness (QED) is 0.806. The third kappa shape index (κ3) is 4.19. The van der Waals surface area contributed by atoms with Gasteiger partial charge in [-0.05, 0) is 62.6 Å². The maximum Gasteiger partial charge on any atom is 0.258 e. The van der Waals surface area contributed by atoms with Crippen LogP contribution in [-0.4, -0.2) is 35.5 Å². The number of amides is 1. The summed E-state index contributed by atoms with van der Waals surface area (Å²) in [6.07, 6.45) is 5.21. The van der Waals surface area contributed by atoms with E-state index in [9.17, 15) is 9.18 Å². The largest absolute Gasteiger partial charge is 0.493 e. The van der Waals surface area contributed by atoms with Gasteiger partial charge in [0.2, 0.25) is 0 Å². The zero-order chi connectivity index (χ0) is 18.4. The molecule has 1 aliphatic rings. The monoisotopic (exact) mass is 357 g/mol. The third-order valence-electron chi connectivity index (χ3n) is 4.57. The second kappa shape index (κ2) is 8.76. The van der Waals surface area contributed by atoms with Crippen LogP contribution in [0.15, 0.2) is 42.6 Å². The number of ether oxygens (including phenoxy) is 1. The Bertz CT molecular complexity index is 739. The summed E-state index contributed by atoms with van der Waals surface area (Å²) >= 11 is 0. The van der Waals surface area contributed by atoms with Crippen LogP contribution >= 0.6 is 0 Å². The van der Waals surface area contributed by atoms with Crippen molar-refractivity contribution in [3.63, 3.8) is 0 Å². The van der Waals surface area contributed by atoms with Gasteiger partial charge in [0.15, 0.2) is 0 Å². The Labute approximate surface area is 153 Å². The second-order valence-electron chi connectivity index (χ2n) is 6.40. The standard InChI is InChI=1S/C20H24FN3O2/c21-15-8-9-19(26-13-5-10-22)16(14-15)20(25)24-12-4-2-7-18(24)17-6-1-3-11-23-17/h1,3,6,8-9,11,14,18H,2,4-5,7,10,12-13,22H2/t18-/m0/s1. The summed E-state index contributed by atoms with van der Waals surface area (Å²) in [6.45, 7) is 1.52. The van der Waals surface area contributed by atoms with Gasteiger partial charge in [0.05, 0.1) is 23.9 Å². The molecule has 1 fully saturated rings. The summed E-state index contributed by atoms with van der Waals surface area (Å²) in [5.41, 5.74) is 6.61. The lowest BCUT2D eigenvalue weighted by molar-refractivity contribution is 0.0601. The lowest BCUT2D eigenvalue weighted by Crippen LogP contribution is -2.39. The minimum Gasteiger partial charge on any atom is -0.493 e. The summed E-state index contributed by atoms with van der Waals surface area (Å²) in [5, 5.41) is 0. The zero-order valence-corrected chi connectivity index (χ0v) is 14.7. The van der Waals surface area contributed by atoms with Crippen LogP contribution in [0.2, 0.25) is 0 Å². The van der Waals surface area contributed by atoms with E-state index in [0.717, 1.165) is 25.0 Å². The number of nitrogens with two attached hydrogens (primary N) is 1. The predicted octanol–water partition coefficient (Wildman–Crippen LogP) is 3.32. The van der Waals surface area contributed by atoms with E-state index in [2.05, 4.69) is 4.98 Å². The molecule has 0 bridgehead atoms. The molecule has 1 saturated heterocycles. The number of halogens is 1. The minimum absolute atomic E-state index is 0.0994. The van der Waals surface area contributed by atoms with Crippen molar-refractivity contribution in [3.05, 3.63) is 59.7 Å². The van der Waals surface area contributed by atoms with E-state index in [0.29, 0.717) is 31.9 Å². The first kappa shape index (κ1) is 18.3. The smallest absolute Gasteiger partial charge is 0.258 e. The normalized spacial score (nSPS) is 17.2. The lowest BCUT2D eigenvalue weighted by atomic mass is 9.97. The average Bonchev–Trinajstić information content (AvgIpc) is 2.69. The van der Waals surface area contributed by atoms with Crippen molar-refractivity contribution < 1.29 is 13.9 Å². The van der Waals surface area contributed by atoms with Gasteiger partial charge in [-0.25, -0.2) is 4.39 Å². The van der Waals surface area contributed by atoms with E-state index in [-0.39, 0.29) is 17.5 Å². The molecule has 1 atom stereocenters. The number of nitrogens with zero attached hydrogens (tertiary/aromatic N) is 2. The van der Waals surface area contributed by atoms with Crippen molar-refractivity contribution in [1.29, 1.82) is 0 Å². The number of hydrogen-bond acceptors (Lipinski definition) is 4. The van der Waals surface area contributed by atoms with Crippen molar-refractivity contribution in [2.45, 2.75) is 31.7 Å². The summed E-state index contributed by atoms with van der Waals surface area (Å²) in [7, 11) is 0. The lowest BCUT2D eigenvalue weighted by Gasteiger charge is -2.35. The third-order valence-corrected chi connectivity index (χ3v) is 4.57. The minimum atomic E-state index is -0.453. The van der Waals surface area contributed by atoms with E-state index >= 15 is 0 Å². The van der Waals surface area contributed by atoms with Gasteiger partial charge in [0, 0.05) is 12.7 Å². The van der Waals surface area contributed by atoms with Gasteiger partial charge in [-0.2, -0.15) is 0 Å². The fraction of sp³-hybridized carbons (Fsp3) is 0.400. The first-order valence-corrected chi connectivity index (χ1v) is 9.05. The van der Waals surface area contributed by atoms with Crippen molar-refractivity contribution in [1.82, 2.24) is 9.88 Å². The van der Waals surface area contributed by atoms with E-state index in [4.69, 9.17) is 10.5 Å². The Morgan fingerprint density at radius 3 is 2.96 bits per heavy atom. The fourth-order valence-corrected chi connectivity index (χ4v) is 3.27. The molecular formula is C20H24FN3O2. The maximum atomic E-state index is 13.8. The van der Waals surface area contributed by atoms with Crippen LogP contribution < -0.4 is 10.5 Å². The number of benzene rings is 1. The molecule has 2 N–H and O–H groups in total. The predicted molar refractivity (Wildman–Crippen MR) is 97.4 cm³/mol. The van der Waals surface area contributed by atoms with Crippen LogP contribution in [0.25, 0.3) is 0 Å². The highest BCUT2D eigenvalue weighted by Gasteiger charge is 2.31. The highest BCUT2D eigenvalue weighted by molar-refractivity contribution is 5.97. The summed E-state index contributed by atoms with van der Waals surface area (Å²) in [6, 6.07) is 9.68. The molecule has 3 rings (SSSR count). The van der Waals surface area contributed by atoms with E-state index in [1.54, 1.807) is 11.1 Å². The summed E-state index contributed by atoms with van der Waals surface area (Å²) in [5.74, 6) is -0.274. The van der Waals surface area contributed by atoms with Gasteiger partial charge in [-0.15, -0.1) is 0 Å². The summed E-state index contributed by atoms with van der Waals surface area (Å²) < 4.78 is 19.5. The Morgan fingerprint density at radius 1 is 1.31 bits per heavy atom. The Hall–Kier alpha value is -2.47. The zero-order valence-electron chi connectivity index (χ0n) is 14.7. The summed E-state index contributed by atoms with van der Waals surface area (Å²) in [4.78, 5) is 19.4. The molecule has 0 spiro atoms.